The smallest absolute Gasteiger partial charge is 0.263 e. The highest BCUT2D eigenvalue weighted by Gasteiger charge is 2.39. The Bertz CT molecular complexity index is 1020. The Morgan fingerprint density at radius 2 is 1.64 bits per heavy atom. The standard InChI is InChI=1S/C26H31N3O3S/c30-24(28-12-4-2-1-3-5-13-28)20-9-14-27(15-10-20)22-8-6-7-21-23(22)26(32)29(25(21)31)17-19-11-16-33-18-19/h6-8,11,16,18,20H,1-5,9-10,12-15,17H2. The Labute approximate surface area is 199 Å². The van der Waals surface area contributed by atoms with E-state index in [0.717, 1.165) is 63.1 Å². The lowest BCUT2D eigenvalue weighted by atomic mass is 9.93. The molecule has 33 heavy (non-hydrogen) atoms. The molecule has 5 rings (SSSR count). The molecule has 3 aliphatic rings. The highest BCUT2D eigenvalue weighted by Crippen LogP contribution is 2.35. The third kappa shape index (κ3) is 4.43. The third-order valence-corrected chi connectivity index (χ3v) is 7.98. The van der Waals surface area contributed by atoms with Crippen LogP contribution in [0.2, 0.25) is 0 Å². The molecule has 174 valence electrons. The first-order valence-corrected chi connectivity index (χ1v) is 13.1. The molecule has 0 saturated carbocycles. The van der Waals surface area contributed by atoms with E-state index in [4.69, 9.17) is 0 Å². The zero-order valence-electron chi connectivity index (χ0n) is 19.0. The molecule has 0 N–H and O–H groups in total. The van der Waals surface area contributed by atoms with E-state index in [1.54, 1.807) is 17.4 Å². The molecule has 4 heterocycles. The number of imide groups is 1. The highest BCUT2D eigenvalue weighted by molar-refractivity contribution is 7.07. The van der Waals surface area contributed by atoms with Gasteiger partial charge in [0.1, 0.15) is 0 Å². The van der Waals surface area contributed by atoms with Crippen LogP contribution in [0.1, 0.15) is 71.2 Å². The summed E-state index contributed by atoms with van der Waals surface area (Å²) in [6.07, 6.45) is 7.53. The van der Waals surface area contributed by atoms with E-state index in [2.05, 4.69) is 9.80 Å². The van der Waals surface area contributed by atoms with E-state index in [9.17, 15) is 14.4 Å². The van der Waals surface area contributed by atoms with Gasteiger partial charge in [-0.05, 0) is 60.2 Å². The normalized spacial score (nSPS) is 20.1. The number of carbonyl (C=O) groups excluding carboxylic acids is 3. The van der Waals surface area contributed by atoms with Gasteiger partial charge in [0.2, 0.25) is 5.91 Å². The van der Waals surface area contributed by atoms with Gasteiger partial charge in [-0.3, -0.25) is 19.3 Å². The van der Waals surface area contributed by atoms with Crippen LogP contribution in [0.25, 0.3) is 0 Å². The average molecular weight is 466 g/mol. The quantitative estimate of drug-likeness (QED) is 0.622. The van der Waals surface area contributed by atoms with Gasteiger partial charge in [0.05, 0.1) is 23.4 Å². The molecule has 0 unspecified atom stereocenters. The number of benzene rings is 1. The fourth-order valence-corrected chi connectivity index (χ4v) is 6.04. The molecule has 1 aromatic heterocycles. The Morgan fingerprint density at radius 1 is 0.909 bits per heavy atom. The van der Waals surface area contributed by atoms with Gasteiger partial charge in [-0.1, -0.05) is 25.3 Å². The van der Waals surface area contributed by atoms with Crippen LogP contribution >= 0.6 is 11.3 Å². The third-order valence-electron chi connectivity index (χ3n) is 7.25. The summed E-state index contributed by atoms with van der Waals surface area (Å²) in [5.41, 5.74) is 2.81. The molecule has 3 aliphatic heterocycles. The lowest BCUT2D eigenvalue weighted by molar-refractivity contribution is -0.136. The first-order valence-electron chi connectivity index (χ1n) is 12.2. The predicted octanol–water partition coefficient (Wildman–Crippen LogP) is 4.55. The number of likely N-dealkylation sites (tertiary alicyclic amines) is 1. The minimum Gasteiger partial charge on any atom is -0.371 e. The van der Waals surface area contributed by atoms with Gasteiger partial charge < -0.3 is 9.80 Å². The first-order chi connectivity index (χ1) is 16.1. The van der Waals surface area contributed by atoms with E-state index in [1.165, 1.54) is 24.2 Å². The molecule has 2 saturated heterocycles. The number of anilines is 1. The van der Waals surface area contributed by atoms with Crippen LogP contribution in [-0.2, 0) is 11.3 Å². The van der Waals surface area contributed by atoms with E-state index in [-0.39, 0.29) is 17.7 Å². The minimum absolute atomic E-state index is 0.0601. The zero-order valence-corrected chi connectivity index (χ0v) is 19.8. The van der Waals surface area contributed by atoms with Gasteiger partial charge in [-0.25, -0.2) is 0 Å². The van der Waals surface area contributed by atoms with Crippen molar-refractivity contribution in [3.8, 4) is 0 Å². The Balaban J connectivity index is 1.27. The van der Waals surface area contributed by atoms with Crippen molar-refractivity contribution in [2.75, 3.05) is 31.1 Å². The van der Waals surface area contributed by atoms with Crippen LogP contribution in [0, 0.1) is 5.92 Å². The minimum atomic E-state index is -0.217. The second kappa shape index (κ2) is 9.67. The summed E-state index contributed by atoms with van der Waals surface area (Å²) in [5, 5.41) is 3.93. The maximum absolute atomic E-state index is 13.3. The SMILES string of the molecule is O=C(C1CCN(c2cccc3c2C(=O)N(Cc2ccsc2)C3=O)CC1)N1CCCCCCC1. The van der Waals surface area contributed by atoms with Crippen molar-refractivity contribution in [3.05, 3.63) is 51.7 Å². The van der Waals surface area contributed by atoms with Crippen molar-refractivity contribution >= 4 is 34.7 Å². The van der Waals surface area contributed by atoms with Crippen LogP contribution in [-0.4, -0.2) is 53.7 Å². The number of amides is 3. The number of hydrogen-bond donors (Lipinski definition) is 0. The number of hydrogen-bond acceptors (Lipinski definition) is 5. The second-order valence-electron chi connectivity index (χ2n) is 9.38. The summed E-state index contributed by atoms with van der Waals surface area (Å²) in [6, 6.07) is 7.51. The first kappa shape index (κ1) is 22.1. The molecule has 1 aromatic carbocycles. The van der Waals surface area contributed by atoms with Gasteiger partial charge in [0.15, 0.2) is 0 Å². The van der Waals surface area contributed by atoms with E-state index in [1.807, 2.05) is 29.0 Å². The molecule has 2 fully saturated rings. The lowest BCUT2D eigenvalue weighted by Gasteiger charge is -2.36. The number of thiophene rings is 1. The van der Waals surface area contributed by atoms with E-state index in [0.29, 0.717) is 23.6 Å². The van der Waals surface area contributed by atoms with Gasteiger partial charge in [0, 0.05) is 32.1 Å². The van der Waals surface area contributed by atoms with Crippen LogP contribution in [0.15, 0.2) is 35.0 Å². The largest absolute Gasteiger partial charge is 0.371 e. The average Bonchev–Trinajstić information content (AvgIpc) is 3.42. The molecule has 0 atom stereocenters. The van der Waals surface area contributed by atoms with Gasteiger partial charge >= 0.3 is 0 Å². The number of rotatable bonds is 4. The Hall–Kier alpha value is -2.67. The fraction of sp³-hybridized carbons (Fsp3) is 0.500. The fourth-order valence-electron chi connectivity index (χ4n) is 5.38. The molecule has 2 aromatic rings. The Kier molecular flexibility index (Phi) is 6.49. The summed E-state index contributed by atoms with van der Waals surface area (Å²) in [6.45, 7) is 3.55. The van der Waals surface area contributed by atoms with Gasteiger partial charge in [0.25, 0.3) is 11.8 Å². The summed E-state index contributed by atoms with van der Waals surface area (Å²) in [5.74, 6) is -0.0614. The van der Waals surface area contributed by atoms with Crippen LogP contribution in [0.4, 0.5) is 5.69 Å². The van der Waals surface area contributed by atoms with Crippen molar-refractivity contribution in [1.29, 1.82) is 0 Å². The van der Waals surface area contributed by atoms with Crippen molar-refractivity contribution in [1.82, 2.24) is 9.80 Å². The number of nitrogens with zero attached hydrogens (tertiary/aromatic N) is 3. The molecule has 0 aliphatic carbocycles. The molecule has 6 nitrogen and oxygen atoms in total. The number of carbonyl (C=O) groups is 3. The Morgan fingerprint density at radius 3 is 2.33 bits per heavy atom. The number of fused-ring (bicyclic) bond motifs is 1. The molecule has 7 heteroatoms. The molecule has 0 spiro atoms. The zero-order chi connectivity index (χ0) is 22.8. The summed E-state index contributed by atoms with van der Waals surface area (Å²) in [7, 11) is 0. The van der Waals surface area contributed by atoms with Crippen LogP contribution in [0.5, 0.6) is 0 Å². The molecule has 3 amide bonds. The van der Waals surface area contributed by atoms with Gasteiger partial charge in [-0.2, -0.15) is 11.3 Å². The molecular formula is C26H31N3O3S. The van der Waals surface area contributed by atoms with E-state index < -0.39 is 0 Å². The van der Waals surface area contributed by atoms with Crippen molar-refractivity contribution in [2.24, 2.45) is 5.92 Å². The molecule has 0 radical (unpaired) electrons. The topological polar surface area (TPSA) is 60.9 Å². The van der Waals surface area contributed by atoms with Crippen molar-refractivity contribution < 1.29 is 14.4 Å². The predicted molar refractivity (Wildman–Crippen MR) is 130 cm³/mol. The van der Waals surface area contributed by atoms with Crippen LogP contribution in [0.3, 0.4) is 0 Å². The highest BCUT2D eigenvalue weighted by atomic mass is 32.1. The van der Waals surface area contributed by atoms with E-state index >= 15 is 0 Å². The number of piperidine rings is 1. The van der Waals surface area contributed by atoms with Crippen LogP contribution < -0.4 is 4.90 Å². The summed E-state index contributed by atoms with van der Waals surface area (Å²) in [4.78, 5) is 45.0. The molecule has 0 bridgehead atoms. The lowest BCUT2D eigenvalue weighted by Crippen LogP contribution is -2.44. The maximum atomic E-state index is 13.3. The van der Waals surface area contributed by atoms with Crippen molar-refractivity contribution in [3.63, 3.8) is 0 Å². The van der Waals surface area contributed by atoms with Crippen molar-refractivity contribution in [2.45, 2.75) is 51.5 Å². The summed E-state index contributed by atoms with van der Waals surface area (Å²) >= 11 is 1.56. The summed E-state index contributed by atoms with van der Waals surface area (Å²) < 4.78 is 0. The second-order valence-corrected chi connectivity index (χ2v) is 10.2. The molecular weight excluding hydrogens is 434 g/mol. The monoisotopic (exact) mass is 465 g/mol. The van der Waals surface area contributed by atoms with Gasteiger partial charge in [-0.15, -0.1) is 0 Å². The maximum Gasteiger partial charge on any atom is 0.263 e.